The van der Waals surface area contributed by atoms with E-state index in [0.29, 0.717) is 17.3 Å². The van der Waals surface area contributed by atoms with Crippen molar-refractivity contribution < 1.29 is 28.4 Å². The molecule has 0 radical (unpaired) electrons. The maximum Gasteiger partial charge on any atom is 0.348 e. The summed E-state index contributed by atoms with van der Waals surface area (Å²) in [6.07, 6.45) is 4.98. The summed E-state index contributed by atoms with van der Waals surface area (Å²) in [4.78, 5) is 42.3. The predicted molar refractivity (Wildman–Crippen MR) is 121 cm³/mol. The third-order valence-electron chi connectivity index (χ3n) is 5.40. The predicted octanol–water partition coefficient (Wildman–Crippen LogP) is 3.27. The van der Waals surface area contributed by atoms with E-state index in [-0.39, 0.29) is 41.1 Å². The molecule has 1 fully saturated rings. The fourth-order valence-corrected chi connectivity index (χ4v) is 4.92. The first kappa shape index (κ1) is 24.6. The number of amides is 1. The highest BCUT2D eigenvalue weighted by Gasteiger charge is 2.40. The van der Waals surface area contributed by atoms with Gasteiger partial charge in [-0.25, -0.2) is 9.59 Å². The molecule has 3 rings (SSSR count). The highest BCUT2D eigenvalue weighted by molar-refractivity contribution is 7.18. The summed E-state index contributed by atoms with van der Waals surface area (Å²) in [6.45, 7) is 8.70. The van der Waals surface area contributed by atoms with Crippen LogP contribution in [0.1, 0.15) is 69.9 Å². The number of hydrogen-bond acceptors (Lipinski definition) is 10. The van der Waals surface area contributed by atoms with Crippen LogP contribution in [0.2, 0.25) is 0 Å². The number of esters is 2. The average molecular weight is 477 g/mol. The van der Waals surface area contributed by atoms with Crippen LogP contribution in [0.15, 0.2) is 17.2 Å². The van der Waals surface area contributed by atoms with Crippen LogP contribution in [0, 0.1) is 13.8 Å². The van der Waals surface area contributed by atoms with Gasteiger partial charge in [-0.15, -0.1) is 11.3 Å². The maximum absolute atomic E-state index is 12.8. The van der Waals surface area contributed by atoms with Gasteiger partial charge in [0.05, 0.1) is 24.3 Å². The summed E-state index contributed by atoms with van der Waals surface area (Å²) in [5.41, 5.74) is -0.000170. The van der Waals surface area contributed by atoms with Gasteiger partial charge in [-0.2, -0.15) is 4.98 Å². The molecule has 10 nitrogen and oxygen atoms in total. The number of hydrogen-bond donors (Lipinski definition) is 2. The van der Waals surface area contributed by atoms with Crippen molar-refractivity contribution in [1.29, 1.82) is 0 Å². The Morgan fingerprint density at radius 1 is 1.21 bits per heavy atom. The van der Waals surface area contributed by atoms with Gasteiger partial charge < -0.3 is 19.3 Å². The molecule has 2 aromatic rings. The van der Waals surface area contributed by atoms with Gasteiger partial charge in [0.2, 0.25) is 11.8 Å². The molecule has 2 heterocycles. The molecule has 33 heavy (non-hydrogen) atoms. The summed E-state index contributed by atoms with van der Waals surface area (Å²) in [6, 6.07) is 0. The summed E-state index contributed by atoms with van der Waals surface area (Å²) in [5.74, 6) is -0.590. The molecular weight excluding hydrogens is 448 g/mol. The van der Waals surface area contributed by atoms with Crippen molar-refractivity contribution in [1.82, 2.24) is 15.5 Å². The van der Waals surface area contributed by atoms with Crippen LogP contribution in [0.4, 0.5) is 5.00 Å². The second-order valence-electron chi connectivity index (χ2n) is 7.70. The first-order valence-electron chi connectivity index (χ1n) is 10.8. The normalized spacial score (nSPS) is 14.6. The van der Waals surface area contributed by atoms with Crippen molar-refractivity contribution in [2.24, 2.45) is 0 Å². The lowest BCUT2D eigenvalue weighted by Gasteiger charge is -2.26. The molecule has 11 heteroatoms. The van der Waals surface area contributed by atoms with Crippen molar-refractivity contribution in [3.05, 3.63) is 40.4 Å². The molecule has 1 amide bonds. The number of ether oxygens (including phenoxy) is 2. The molecule has 0 aliphatic heterocycles. The molecule has 1 aliphatic carbocycles. The smallest absolute Gasteiger partial charge is 0.348 e. The van der Waals surface area contributed by atoms with E-state index in [1.165, 1.54) is 6.08 Å². The van der Waals surface area contributed by atoms with E-state index >= 15 is 0 Å². The third kappa shape index (κ3) is 5.48. The lowest BCUT2D eigenvalue weighted by Crippen LogP contribution is -2.44. The molecular formula is C22H28N4O6S. The maximum atomic E-state index is 12.8. The minimum absolute atomic E-state index is 0.0359. The molecule has 1 aliphatic rings. The standard InChI is InChI=1S/C22H28N4O6S/c1-5-11-31-20(29)17-13(3)16(19(28)30-6-2)18(33-17)25-15(27)12-23-22(9-7-8-10-22)21-24-14(4)32-26-21/h5,23H,1,6-12H2,2-4H3,(H,25,27). The van der Waals surface area contributed by atoms with Crippen molar-refractivity contribution in [3.8, 4) is 0 Å². The number of carbonyl (C=O) groups excluding carboxylic acids is 3. The van der Waals surface area contributed by atoms with Crippen LogP contribution < -0.4 is 10.6 Å². The minimum atomic E-state index is -0.619. The van der Waals surface area contributed by atoms with Crippen molar-refractivity contribution in [2.75, 3.05) is 25.1 Å². The second-order valence-corrected chi connectivity index (χ2v) is 8.72. The quantitative estimate of drug-likeness (QED) is 0.391. The molecule has 0 bridgehead atoms. The molecule has 0 saturated heterocycles. The zero-order valence-corrected chi connectivity index (χ0v) is 19.8. The van der Waals surface area contributed by atoms with E-state index in [9.17, 15) is 14.4 Å². The molecule has 0 spiro atoms. The zero-order valence-electron chi connectivity index (χ0n) is 19.0. The van der Waals surface area contributed by atoms with Gasteiger partial charge in [0, 0.05) is 6.92 Å². The van der Waals surface area contributed by atoms with Crippen LogP contribution in [-0.2, 0) is 19.8 Å². The van der Waals surface area contributed by atoms with E-state index in [1.807, 2.05) is 0 Å². The lowest BCUT2D eigenvalue weighted by molar-refractivity contribution is -0.115. The number of thiophene rings is 1. The summed E-state index contributed by atoms with van der Waals surface area (Å²) in [5, 5.41) is 10.3. The molecule has 2 N–H and O–H groups in total. The van der Waals surface area contributed by atoms with Gasteiger partial charge >= 0.3 is 11.9 Å². The molecule has 0 aromatic carbocycles. The van der Waals surface area contributed by atoms with Crippen molar-refractivity contribution in [3.63, 3.8) is 0 Å². The molecule has 2 aromatic heterocycles. The Balaban J connectivity index is 1.78. The number of rotatable bonds is 10. The Bertz CT molecular complexity index is 1040. The SMILES string of the molecule is C=CCOC(=O)c1sc(NC(=O)CNC2(c3noc(C)n3)CCCC2)c(C(=O)OCC)c1C. The number of aromatic nitrogens is 2. The van der Waals surface area contributed by atoms with Crippen LogP contribution in [-0.4, -0.2) is 47.7 Å². The van der Waals surface area contributed by atoms with E-state index in [1.54, 1.807) is 20.8 Å². The number of aryl methyl sites for hydroxylation is 1. The van der Waals surface area contributed by atoms with E-state index < -0.39 is 17.5 Å². The van der Waals surface area contributed by atoms with Gasteiger partial charge in [-0.1, -0.05) is 30.7 Å². The number of nitrogens with zero attached hydrogens (tertiary/aromatic N) is 2. The van der Waals surface area contributed by atoms with E-state index in [2.05, 4.69) is 27.4 Å². The Hall–Kier alpha value is -3.05. The van der Waals surface area contributed by atoms with Gasteiger partial charge in [-0.05, 0) is 32.3 Å². The Kier molecular flexibility index (Phi) is 7.98. The Labute approximate surface area is 195 Å². The second kappa shape index (κ2) is 10.7. The van der Waals surface area contributed by atoms with Crippen LogP contribution >= 0.6 is 11.3 Å². The molecule has 178 valence electrons. The number of carbonyl (C=O) groups is 3. The largest absolute Gasteiger partial charge is 0.462 e. The van der Waals surface area contributed by atoms with Gasteiger partial charge in [0.15, 0.2) is 5.82 Å². The summed E-state index contributed by atoms with van der Waals surface area (Å²) >= 11 is 0.975. The minimum Gasteiger partial charge on any atom is -0.462 e. The first-order valence-corrected chi connectivity index (χ1v) is 11.6. The fraction of sp³-hybridized carbons (Fsp3) is 0.500. The number of anilines is 1. The van der Waals surface area contributed by atoms with E-state index in [4.69, 9.17) is 14.0 Å². The summed E-state index contributed by atoms with van der Waals surface area (Å²) in [7, 11) is 0. The molecule has 1 saturated carbocycles. The monoisotopic (exact) mass is 476 g/mol. The van der Waals surface area contributed by atoms with Crippen LogP contribution in [0.3, 0.4) is 0 Å². The topological polar surface area (TPSA) is 133 Å². The van der Waals surface area contributed by atoms with Crippen LogP contribution in [0.5, 0.6) is 0 Å². The molecule has 0 unspecified atom stereocenters. The first-order chi connectivity index (χ1) is 15.8. The summed E-state index contributed by atoms with van der Waals surface area (Å²) < 4.78 is 15.4. The van der Waals surface area contributed by atoms with Gasteiger partial charge in [-0.3, -0.25) is 10.1 Å². The van der Waals surface area contributed by atoms with Gasteiger partial charge in [0.25, 0.3) is 0 Å². The molecule has 0 atom stereocenters. The Morgan fingerprint density at radius 3 is 2.55 bits per heavy atom. The highest BCUT2D eigenvalue weighted by atomic mass is 32.1. The Morgan fingerprint density at radius 2 is 1.94 bits per heavy atom. The van der Waals surface area contributed by atoms with Crippen molar-refractivity contribution in [2.45, 2.75) is 52.0 Å². The zero-order chi connectivity index (χ0) is 24.0. The average Bonchev–Trinajstić information content (AvgIpc) is 3.50. The fourth-order valence-electron chi connectivity index (χ4n) is 3.82. The highest BCUT2D eigenvalue weighted by Crippen LogP contribution is 2.37. The van der Waals surface area contributed by atoms with Gasteiger partial charge in [0.1, 0.15) is 16.5 Å². The number of nitrogens with one attached hydrogen (secondary N) is 2. The van der Waals surface area contributed by atoms with E-state index in [0.717, 1.165) is 37.0 Å². The lowest BCUT2D eigenvalue weighted by atomic mass is 9.96. The van der Waals surface area contributed by atoms with Crippen molar-refractivity contribution >= 4 is 34.2 Å². The van der Waals surface area contributed by atoms with Crippen LogP contribution in [0.25, 0.3) is 0 Å². The third-order valence-corrected chi connectivity index (χ3v) is 6.58.